The Hall–Kier alpha value is -1.46. The van der Waals surface area contributed by atoms with Gasteiger partial charge in [0.25, 0.3) is 0 Å². The van der Waals surface area contributed by atoms with E-state index in [0.717, 1.165) is 36.2 Å². The van der Waals surface area contributed by atoms with Crippen molar-refractivity contribution in [3.05, 3.63) is 59.4 Å². The van der Waals surface area contributed by atoms with Gasteiger partial charge in [-0.15, -0.1) is 0 Å². The Labute approximate surface area is 125 Å². The minimum atomic E-state index is -0.637. The van der Waals surface area contributed by atoms with Crippen LogP contribution in [0.1, 0.15) is 18.4 Å². The van der Waals surface area contributed by atoms with Crippen molar-refractivity contribution in [2.75, 3.05) is 0 Å². The maximum absolute atomic E-state index is 13.6. The highest BCUT2D eigenvalue weighted by molar-refractivity contribution is 7.99. The Morgan fingerprint density at radius 1 is 1.00 bits per heavy atom. The minimum Gasteiger partial charge on any atom is -0.310 e. The monoisotopic (exact) mass is 309 g/mol. The van der Waals surface area contributed by atoms with E-state index in [0.29, 0.717) is 17.5 Å². The quantitative estimate of drug-likeness (QED) is 0.872. The highest BCUT2D eigenvalue weighted by atomic mass is 32.2. The molecule has 1 saturated carbocycles. The Morgan fingerprint density at radius 2 is 1.81 bits per heavy atom. The zero-order chi connectivity index (χ0) is 14.8. The maximum atomic E-state index is 13.6. The fourth-order valence-electron chi connectivity index (χ4n) is 2.02. The van der Waals surface area contributed by atoms with E-state index in [2.05, 4.69) is 5.32 Å². The van der Waals surface area contributed by atoms with Crippen LogP contribution in [-0.2, 0) is 6.54 Å². The summed E-state index contributed by atoms with van der Waals surface area (Å²) in [5.41, 5.74) is 0.826. The Bertz CT molecular complexity index is 656. The van der Waals surface area contributed by atoms with Crippen LogP contribution < -0.4 is 5.32 Å². The second-order valence-electron chi connectivity index (χ2n) is 5.13. The molecule has 0 amide bonds. The maximum Gasteiger partial charge on any atom is 0.140 e. The normalized spacial score (nSPS) is 14.4. The molecule has 0 aromatic heterocycles. The first-order valence-electron chi connectivity index (χ1n) is 6.76. The van der Waals surface area contributed by atoms with E-state index in [-0.39, 0.29) is 10.7 Å². The molecule has 1 aliphatic rings. The van der Waals surface area contributed by atoms with Gasteiger partial charge >= 0.3 is 0 Å². The molecule has 0 bridgehead atoms. The molecule has 0 spiro atoms. The van der Waals surface area contributed by atoms with Gasteiger partial charge < -0.3 is 5.32 Å². The molecule has 0 aliphatic heterocycles. The number of rotatable bonds is 5. The van der Waals surface area contributed by atoms with Crippen LogP contribution >= 0.6 is 11.8 Å². The van der Waals surface area contributed by atoms with Gasteiger partial charge in [0, 0.05) is 28.4 Å². The van der Waals surface area contributed by atoms with Crippen LogP contribution in [-0.4, -0.2) is 6.04 Å². The molecule has 0 saturated heterocycles. The molecule has 110 valence electrons. The lowest BCUT2D eigenvalue weighted by atomic mass is 10.2. The molecule has 5 heteroatoms. The van der Waals surface area contributed by atoms with Crippen LogP contribution in [0.4, 0.5) is 13.2 Å². The van der Waals surface area contributed by atoms with Crippen molar-refractivity contribution in [1.29, 1.82) is 0 Å². The zero-order valence-electron chi connectivity index (χ0n) is 11.2. The number of hydrogen-bond donors (Lipinski definition) is 1. The average molecular weight is 309 g/mol. The van der Waals surface area contributed by atoms with Crippen LogP contribution in [0.15, 0.2) is 46.2 Å². The topological polar surface area (TPSA) is 12.0 Å². The van der Waals surface area contributed by atoms with E-state index in [4.69, 9.17) is 0 Å². The lowest BCUT2D eigenvalue weighted by Gasteiger charge is -2.08. The number of benzene rings is 2. The predicted octanol–water partition coefficient (Wildman–Crippen LogP) is 4.51. The van der Waals surface area contributed by atoms with Crippen molar-refractivity contribution in [2.45, 2.75) is 35.2 Å². The van der Waals surface area contributed by atoms with Crippen LogP contribution in [0.3, 0.4) is 0 Å². The molecule has 3 rings (SSSR count). The molecule has 0 radical (unpaired) electrons. The molecule has 21 heavy (non-hydrogen) atoms. The third-order valence-electron chi connectivity index (χ3n) is 3.23. The Balaban J connectivity index is 1.77. The van der Waals surface area contributed by atoms with E-state index in [1.54, 1.807) is 0 Å². The zero-order valence-corrected chi connectivity index (χ0v) is 12.0. The van der Waals surface area contributed by atoms with Gasteiger partial charge in [-0.25, -0.2) is 13.2 Å². The van der Waals surface area contributed by atoms with Crippen LogP contribution in [0, 0.1) is 17.5 Å². The SMILES string of the molecule is Fc1cc(CNC2CC2)cc(Sc2ccc(F)cc2F)c1. The van der Waals surface area contributed by atoms with E-state index in [9.17, 15) is 13.2 Å². The summed E-state index contributed by atoms with van der Waals surface area (Å²) in [7, 11) is 0. The minimum absolute atomic E-state index is 0.281. The lowest BCUT2D eigenvalue weighted by molar-refractivity contribution is 0.565. The van der Waals surface area contributed by atoms with Gasteiger partial charge in [-0.05, 0) is 48.7 Å². The van der Waals surface area contributed by atoms with Crippen LogP contribution in [0.2, 0.25) is 0 Å². The van der Waals surface area contributed by atoms with Gasteiger partial charge in [-0.2, -0.15) is 0 Å². The van der Waals surface area contributed by atoms with Gasteiger partial charge in [0.2, 0.25) is 0 Å². The second-order valence-corrected chi connectivity index (χ2v) is 6.24. The first-order valence-corrected chi connectivity index (χ1v) is 7.57. The molecule has 1 fully saturated rings. The van der Waals surface area contributed by atoms with Crippen molar-refractivity contribution >= 4 is 11.8 Å². The highest BCUT2D eigenvalue weighted by Gasteiger charge is 2.20. The van der Waals surface area contributed by atoms with Crippen LogP contribution in [0.5, 0.6) is 0 Å². The van der Waals surface area contributed by atoms with Crippen molar-refractivity contribution in [3.63, 3.8) is 0 Å². The molecule has 1 aliphatic carbocycles. The summed E-state index contributed by atoms with van der Waals surface area (Å²) >= 11 is 1.09. The summed E-state index contributed by atoms with van der Waals surface area (Å²) in [5, 5.41) is 3.31. The molecular formula is C16H14F3NS. The van der Waals surface area contributed by atoms with Gasteiger partial charge in [0.05, 0.1) is 0 Å². The number of nitrogens with one attached hydrogen (secondary N) is 1. The molecule has 2 aromatic carbocycles. The van der Waals surface area contributed by atoms with Gasteiger partial charge in [-0.3, -0.25) is 0 Å². The Morgan fingerprint density at radius 3 is 2.52 bits per heavy atom. The summed E-state index contributed by atoms with van der Waals surface area (Å²) in [6.45, 7) is 0.599. The molecule has 1 N–H and O–H groups in total. The van der Waals surface area contributed by atoms with E-state index >= 15 is 0 Å². The number of hydrogen-bond acceptors (Lipinski definition) is 2. The fraction of sp³-hybridized carbons (Fsp3) is 0.250. The van der Waals surface area contributed by atoms with Crippen molar-refractivity contribution in [3.8, 4) is 0 Å². The first-order chi connectivity index (χ1) is 10.1. The lowest BCUT2D eigenvalue weighted by Crippen LogP contribution is -2.15. The standard InChI is InChI=1S/C16H14F3NS/c17-11-1-4-16(15(19)8-11)21-14-6-10(5-12(18)7-14)9-20-13-2-3-13/h1,4-8,13,20H,2-3,9H2. The largest absolute Gasteiger partial charge is 0.310 e. The first kappa shape index (κ1) is 14.5. The predicted molar refractivity (Wildman–Crippen MR) is 76.7 cm³/mol. The van der Waals surface area contributed by atoms with Crippen molar-refractivity contribution < 1.29 is 13.2 Å². The second kappa shape index (κ2) is 6.12. The average Bonchev–Trinajstić information content (AvgIpc) is 3.23. The molecule has 0 atom stereocenters. The van der Waals surface area contributed by atoms with Gasteiger partial charge in [0.15, 0.2) is 0 Å². The number of halogens is 3. The van der Waals surface area contributed by atoms with E-state index < -0.39 is 11.6 Å². The molecular weight excluding hydrogens is 295 g/mol. The van der Waals surface area contributed by atoms with Gasteiger partial charge in [0.1, 0.15) is 17.5 Å². The third kappa shape index (κ3) is 4.02. The molecule has 1 nitrogen and oxygen atoms in total. The molecule has 2 aromatic rings. The van der Waals surface area contributed by atoms with Crippen molar-refractivity contribution in [2.24, 2.45) is 0 Å². The Kier molecular flexibility index (Phi) is 4.22. The van der Waals surface area contributed by atoms with E-state index in [1.807, 2.05) is 6.07 Å². The fourth-order valence-corrected chi connectivity index (χ4v) is 2.94. The summed E-state index contributed by atoms with van der Waals surface area (Å²) in [5.74, 6) is -1.61. The summed E-state index contributed by atoms with van der Waals surface area (Å²) in [6, 6.07) is 8.58. The highest BCUT2D eigenvalue weighted by Crippen LogP contribution is 2.31. The summed E-state index contributed by atoms with van der Waals surface area (Å²) < 4.78 is 40.2. The summed E-state index contributed by atoms with van der Waals surface area (Å²) in [4.78, 5) is 0.885. The molecule has 0 heterocycles. The third-order valence-corrected chi connectivity index (χ3v) is 4.25. The van der Waals surface area contributed by atoms with E-state index in [1.165, 1.54) is 24.3 Å². The molecule has 0 unspecified atom stereocenters. The van der Waals surface area contributed by atoms with Crippen LogP contribution in [0.25, 0.3) is 0 Å². The van der Waals surface area contributed by atoms with Gasteiger partial charge in [-0.1, -0.05) is 11.8 Å². The van der Waals surface area contributed by atoms with Crippen molar-refractivity contribution in [1.82, 2.24) is 5.32 Å². The summed E-state index contributed by atoms with van der Waals surface area (Å²) in [6.07, 6.45) is 2.33. The smallest absolute Gasteiger partial charge is 0.140 e.